The first kappa shape index (κ1) is 9.86. The molecule has 0 spiro atoms. The standard InChI is InChI=1S/C11H11N2O2/c1-2-8-5-3-4-6-9(8)11-13-12-10(7-14)15-11/h3-6H,2,7H2,1H3. The molecular formula is C11H11N2O2. The lowest BCUT2D eigenvalue weighted by molar-refractivity contribution is 0.151. The second kappa shape index (κ2) is 4.23. The molecule has 0 N–H and O–H groups in total. The summed E-state index contributed by atoms with van der Waals surface area (Å²) >= 11 is 0. The molecule has 2 rings (SSSR count). The lowest BCUT2D eigenvalue weighted by Crippen LogP contribution is -1.86. The molecule has 15 heavy (non-hydrogen) atoms. The van der Waals surface area contributed by atoms with Crippen LogP contribution in [0.5, 0.6) is 0 Å². The summed E-state index contributed by atoms with van der Waals surface area (Å²) in [6, 6.07) is 7.81. The molecule has 0 aliphatic rings. The molecule has 0 saturated heterocycles. The van der Waals surface area contributed by atoms with Gasteiger partial charge in [0, 0.05) is 5.56 Å². The molecule has 0 fully saturated rings. The Morgan fingerprint density at radius 3 is 2.73 bits per heavy atom. The molecule has 0 unspecified atom stereocenters. The summed E-state index contributed by atoms with van der Waals surface area (Å²) in [4.78, 5) is 0. The van der Waals surface area contributed by atoms with Crippen LogP contribution >= 0.6 is 0 Å². The highest BCUT2D eigenvalue weighted by atomic mass is 16.4. The van der Waals surface area contributed by atoms with Crippen LogP contribution in [0.25, 0.3) is 11.5 Å². The zero-order chi connectivity index (χ0) is 10.7. The summed E-state index contributed by atoms with van der Waals surface area (Å²) in [7, 11) is 0. The van der Waals surface area contributed by atoms with Gasteiger partial charge in [-0.05, 0) is 18.1 Å². The van der Waals surface area contributed by atoms with Gasteiger partial charge in [-0.1, -0.05) is 25.1 Å². The van der Waals surface area contributed by atoms with Crippen molar-refractivity contribution in [3.8, 4) is 11.5 Å². The molecule has 4 heteroatoms. The van der Waals surface area contributed by atoms with Gasteiger partial charge in [-0.25, -0.2) is 5.11 Å². The van der Waals surface area contributed by atoms with E-state index in [1.54, 1.807) is 0 Å². The maximum Gasteiger partial charge on any atom is 0.248 e. The number of nitrogens with zero attached hydrogens (tertiary/aromatic N) is 2. The third-order valence-electron chi connectivity index (χ3n) is 2.22. The van der Waals surface area contributed by atoms with Crippen molar-refractivity contribution in [3.63, 3.8) is 0 Å². The monoisotopic (exact) mass is 203 g/mol. The molecule has 0 atom stereocenters. The highest BCUT2D eigenvalue weighted by molar-refractivity contribution is 5.58. The van der Waals surface area contributed by atoms with Crippen LogP contribution in [-0.2, 0) is 18.1 Å². The van der Waals surface area contributed by atoms with E-state index in [-0.39, 0.29) is 5.89 Å². The third kappa shape index (κ3) is 1.89. The maximum absolute atomic E-state index is 10.5. The fraction of sp³-hybridized carbons (Fsp3) is 0.273. The van der Waals surface area contributed by atoms with E-state index >= 15 is 0 Å². The van der Waals surface area contributed by atoms with E-state index in [1.807, 2.05) is 24.3 Å². The maximum atomic E-state index is 10.5. The predicted molar refractivity (Wildman–Crippen MR) is 53.5 cm³/mol. The lowest BCUT2D eigenvalue weighted by Gasteiger charge is -2.01. The Morgan fingerprint density at radius 1 is 1.27 bits per heavy atom. The fourth-order valence-corrected chi connectivity index (χ4v) is 1.46. The Labute approximate surface area is 87.6 Å². The van der Waals surface area contributed by atoms with Crippen LogP contribution in [0.4, 0.5) is 0 Å². The summed E-state index contributed by atoms with van der Waals surface area (Å²) in [5, 5.41) is 18.0. The number of aromatic nitrogens is 2. The van der Waals surface area contributed by atoms with Crippen LogP contribution in [-0.4, -0.2) is 10.2 Å². The molecule has 1 aromatic carbocycles. The van der Waals surface area contributed by atoms with Crippen LogP contribution in [0.3, 0.4) is 0 Å². The number of rotatable bonds is 3. The lowest BCUT2D eigenvalue weighted by atomic mass is 10.1. The van der Waals surface area contributed by atoms with Gasteiger partial charge in [-0.3, -0.25) is 0 Å². The van der Waals surface area contributed by atoms with Gasteiger partial charge in [0.1, 0.15) is 0 Å². The van der Waals surface area contributed by atoms with Crippen LogP contribution in [0.1, 0.15) is 18.4 Å². The molecule has 0 amide bonds. The number of hydrogen-bond acceptors (Lipinski definition) is 3. The van der Waals surface area contributed by atoms with Crippen molar-refractivity contribution in [1.29, 1.82) is 0 Å². The summed E-state index contributed by atoms with van der Waals surface area (Å²) in [6.45, 7) is 1.59. The summed E-state index contributed by atoms with van der Waals surface area (Å²) in [5.41, 5.74) is 2.05. The smallest absolute Gasteiger partial charge is 0.248 e. The molecule has 0 aliphatic carbocycles. The van der Waals surface area contributed by atoms with Gasteiger partial charge in [0.25, 0.3) is 0 Å². The van der Waals surface area contributed by atoms with Crippen molar-refractivity contribution in [3.05, 3.63) is 35.7 Å². The zero-order valence-corrected chi connectivity index (χ0v) is 8.43. The van der Waals surface area contributed by atoms with E-state index in [0.717, 1.165) is 17.5 Å². The molecule has 1 heterocycles. The first-order chi connectivity index (χ1) is 7.35. The van der Waals surface area contributed by atoms with Gasteiger partial charge in [-0.15, -0.1) is 10.2 Å². The number of aryl methyl sites for hydroxylation is 1. The quantitative estimate of drug-likeness (QED) is 0.768. The van der Waals surface area contributed by atoms with E-state index in [9.17, 15) is 5.11 Å². The van der Waals surface area contributed by atoms with Crippen molar-refractivity contribution in [2.45, 2.75) is 20.0 Å². The van der Waals surface area contributed by atoms with E-state index in [2.05, 4.69) is 17.1 Å². The van der Waals surface area contributed by atoms with Crippen LogP contribution < -0.4 is 0 Å². The highest BCUT2D eigenvalue weighted by Crippen LogP contribution is 2.22. The Balaban J connectivity index is 2.44. The van der Waals surface area contributed by atoms with Crippen molar-refractivity contribution in [1.82, 2.24) is 10.2 Å². The topological polar surface area (TPSA) is 58.8 Å². The third-order valence-corrected chi connectivity index (χ3v) is 2.22. The Bertz CT molecular complexity index is 451. The molecule has 1 radical (unpaired) electrons. The van der Waals surface area contributed by atoms with Crippen LogP contribution in [0, 0.1) is 0 Å². The second-order valence-corrected chi connectivity index (χ2v) is 3.16. The highest BCUT2D eigenvalue weighted by Gasteiger charge is 2.10. The minimum absolute atomic E-state index is 0.135. The summed E-state index contributed by atoms with van der Waals surface area (Å²) in [5.74, 6) is 0.564. The molecule has 1 aromatic heterocycles. The molecule has 4 nitrogen and oxygen atoms in total. The molecular weight excluding hydrogens is 192 g/mol. The van der Waals surface area contributed by atoms with Gasteiger partial charge in [-0.2, -0.15) is 0 Å². The van der Waals surface area contributed by atoms with Gasteiger partial charge in [0.15, 0.2) is 6.61 Å². The minimum atomic E-state index is -0.471. The predicted octanol–water partition coefficient (Wildman–Crippen LogP) is 2.23. The van der Waals surface area contributed by atoms with Crippen molar-refractivity contribution in [2.24, 2.45) is 0 Å². The summed E-state index contributed by atoms with van der Waals surface area (Å²) < 4.78 is 5.23. The second-order valence-electron chi connectivity index (χ2n) is 3.16. The van der Waals surface area contributed by atoms with E-state index in [4.69, 9.17) is 4.42 Å². The van der Waals surface area contributed by atoms with Crippen molar-refractivity contribution >= 4 is 0 Å². The molecule has 0 saturated carbocycles. The number of benzene rings is 1. The van der Waals surface area contributed by atoms with Crippen molar-refractivity contribution in [2.75, 3.05) is 0 Å². The van der Waals surface area contributed by atoms with E-state index in [1.165, 1.54) is 0 Å². The molecule has 77 valence electrons. The number of hydrogen-bond donors (Lipinski definition) is 0. The SMILES string of the molecule is CCc1ccccc1-c1nnc(C[O])o1. The first-order valence-electron chi connectivity index (χ1n) is 4.84. The average molecular weight is 203 g/mol. The Kier molecular flexibility index (Phi) is 2.78. The minimum Gasteiger partial charge on any atom is -0.418 e. The largest absolute Gasteiger partial charge is 0.418 e. The first-order valence-corrected chi connectivity index (χ1v) is 4.84. The Hall–Kier alpha value is -1.68. The molecule has 2 aromatic rings. The van der Waals surface area contributed by atoms with Crippen LogP contribution in [0.2, 0.25) is 0 Å². The molecule has 0 aliphatic heterocycles. The summed E-state index contributed by atoms with van der Waals surface area (Å²) in [6.07, 6.45) is 0.894. The van der Waals surface area contributed by atoms with Gasteiger partial charge in [0.2, 0.25) is 11.8 Å². The fourth-order valence-electron chi connectivity index (χ4n) is 1.46. The van der Waals surface area contributed by atoms with Crippen molar-refractivity contribution < 1.29 is 9.52 Å². The van der Waals surface area contributed by atoms with Gasteiger partial charge >= 0.3 is 0 Å². The van der Waals surface area contributed by atoms with Crippen LogP contribution in [0.15, 0.2) is 28.7 Å². The van der Waals surface area contributed by atoms with E-state index < -0.39 is 6.61 Å². The van der Waals surface area contributed by atoms with Gasteiger partial charge < -0.3 is 4.42 Å². The molecule has 0 bridgehead atoms. The van der Waals surface area contributed by atoms with Gasteiger partial charge in [0.05, 0.1) is 0 Å². The van der Waals surface area contributed by atoms with E-state index in [0.29, 0.717) is 5.89 Å². The normalized spacial score (nSPS) is 10.5. The zero-order valence-electron chi connectivity index (χ0n) is 8.43. The Morgan fingerprint density at radius 2 is 2.07 bits per heavy atom. The average Bonchev–Trinajstić information content (AvgIpc) is 2.77.